The number of nitrogens with one attached hydrogen (secondary N) is 1. The zero-order chi connectivity index (χ0) is 17.8. The number of aromatic nitrogens is 2. The van der Waals surface area contributed by atoms with E-state index in [4.69, 9.17) is 14.6 Å². The third-order valence-electron chi connectivity index (χ3n) is 4.30. The van der Waals surface area contributed by atoms with Crippen LogP contribution in [0.1, 0.15) is 29.8 Å². The zero-order valence-corrected chi connectivity index (χ0v) is 14.5. The van der Waals surface area contributed by atoms with Gasteiger partial charge in [0.2, 0.25) is 0 Å². The number of benzene rings is 1. The van der Waals surface area contributed by atoms with Crippen molar-refractivity contribution >= 4 is 11.7 Å². The second kappa shape index (κ2) is 7.46. The molecule has 0 saturated heterocycles. The molecule has 25 heavy (non-hydrogen) atoms. The number of ether oxygens (including phenoxy) is 2. The van der Waals surface area contributed by atoms with Crippen molar-refractivity contribution in [1.29, 1.82) is 0 Å². The average Bonchev–Trinajstić information content (AvgIpc) is 2.77. The molecule has 7 nitrogen and oxygen atoms in total. The summed E-state index contributed by atoms with van der Waals surface area (Å²) in [6, 6.07) is 5.81. The predicted octanol–water partition coefficient (Wildman–Crippen LogP) is 2.75. The second-order valence-electron chi connectivity index (χ2n) is 6.05. The number of fused-ring (bicyclic) bond motifs is 1. The van der Waals surface area contributed by atoms with Crippen molar-refractivity contribution in [1.82, 2.24) is 9.78 Å². The van der Waals surface area contributed by atoms with E-state index in [1.165, 1.54) is 0 Å². The number of aryl methyl sites for hydroxylation is 2. The fourth-order valence-electron chi connectivity index (χ4n) is 2.93. The molecule has 2 aromatic rings. The van der Waals surface area contributed by atoms with Gasteiger partial charge >= 0.3 is 5.97 Å². The normalized spacial score (nSPS) is 13.4. The predicted molar refractivity (Wildman–Crippen MR) is 93.3 cm³/mol. The highest BCUT2D eigenvalue weighted by Gasteiger charge is 2.16. The van der Waals surface area contributed by atoms with Crippen LogP contribution in [0.15, 0.2) is 18.2 Å². The first kappa shape index (κ1) is 17.1. The average molecular weight is 345 g/mol. The molecule has 1 aromatic heterocycles. The lowest BCUT2D eigenvalue weighted by atomic mass is 10.2. The molecule has 3 rings (SSSR count). The third-order valence-corrected chi connectivity index (χ3v) is 4.30. The largest absolute Gasteiger partial charge is 0.489 e. The first-order valence-electron chi connectivity index (χ1n) is 8.43. The van der Waals surface area contributed by atoms with Crippen molar-refractivity contribution in [3.8, 4) is 11.5 Å². The smallest absolute Gasteiger partial charge is 0.305 e. The van der Waals surface area contributed by atoms with Crippen LogP contribution in [0.4, 0.5) is 5.69 Å². The van der Waals surface area contributed by atoms with Gasteiger partial charge in [0.05, 0.1) is 37.6 Å². The Balaban J connectivity index is 1.75. The Kier molecular flexibility index (Phi) is 5.11. The molecule has 1 aromatic carbocycles. The Morgan fingerprint density at radius 3 is 2.92 bits per heavy atom. The number of carboxylic acids is 1. The monoisotopic (exact) mass is 345 g/mol. The molecule has 2 N–H and O–H groups in total. The first-order chi connectivity index (χ1) is 12.1. The second-order valence-corrected chi connectivity index (χ2v) is 6.05. The zero-order valence-electron chi connectivity index (χ0n) is 14.5. The minimum Gasteiger partial charge on any atom is -0.489 e. The van der Waals surface area contributed by atoms with Crippen molar-refractivity contribution < 1.29 is 19.4 Å². The fraction of sp³-hybridized carbons (Fsp3) is 0.444. The topological polar surface area (TPSA) is 85.6 Å². The van der Waals surface area contributed by atoms with Gasteiger partial charge in [0.15, 0.2) is 11.5 Å². The van der Waals surface area contributed by atoms with E-state index in [0.29, 0.717) is 26.3 Å². The summed E-state index contributed by atoms with van der Waals surface area (Å²) in [5, 5.41) is 16.7. The van der Waals surface area contributed by atoms with E-state index in [1.807, 2.05) is 32.0 Å². The molecule has 0 aliphatic carbocycles. The Bertz CT molecular complexity index is 770. The van der Waals surface area contributed by atoms with Crippen molar-refractivity contribution in [3.63, 3.8) is 0 Å². The number of hydrogen-bond acceptors (Lipinski definition) is 5. The van der Waals surface area contributed by atoms with Crippen molar-refractivity contribution in [2.24, 2.45) is 0 Å². The quantitative estimate of drug-likeness (QED) is 0.837. The lowest BCUT2D eigenvalue weighted by molar-refractivity contribution is -0.137. The van der Waals surface area contributed by atoms with E-state index >= 15 is 0 Å². The summed E-state index contributed by atoms with van der Waals surface area (Å²) in [4.78, 5) is 10.8. The molecular formula is C18H23N3O4. The number of para-hydroxylation sites is 1. The molecule has 0 unspecified atom stereocenters. The molecule has 0 amide bonds. The van der Waals surface area contributed by atoms with Crippen LogP contribution in [0.2, 0.25) is 0 Å². The Morgan fingerprint density at radius 2 is 2.12 bits per heavy atom. The van der Waals surface area contributed by atoms with Crippen molar-refractivity contribution in [2.45, 2.75) is 39.8 Å². The van der Waals surface area contributed by atoms with E-state index in [-0.39, 0.29) is 6.42 Å². The van der Waals surface area contributed by atoms with Crippen LogP contribution in [-0.4, -0.2) is 34.1 Å². The van der Waals surface area contributed by atoms with E-state index in [1.54, 1.807) is 4.68 Å². The summed E-state index contributed by atoms with van der Waals surface area (Å²) < 4.78 is 13.3. The van der Waals surface area contributed by atoms with E-state index in [9.17, 15) is 4.79 Å². The molecule has 0 bridgehead atoms. The van der Waals surface area contributed by atoms with Crippen molar-refractivity contribution in [2.75, 3.05) is 18.5 Å². The van der Waals surface area contributed by atoms with Crippen molar-refractivity contribution in [3.05, 3.63) is 35.2 Å². The molecular weight excluding hydrogens is 322 g/mol. The van der Waals surface area contributed by atoms with Gasteiger partial charge in [-0.1, -0.05) is 6.07 Å². The van der Waals surface area contributed by atoms with Gasteiger partial charge < -0.3 is 19.9 Å². The maximum absolute atomic E-state index is 10.8. The Hall–Kier alpha value is -2.70. The van der Waals surface area contributed by atoms with Gasteiger partial charge in [-0.3, -0.25) is 9.48 Å². The maximum atomic E-state index is 10.8. The van der Waals surface area contributed by atoms with Crippen LogP contribution < -0.4 is 14.8 Å². The van der Waals surface area contributed by atoms with E-state index in [0.717, 1.165) is 40.6 Å². The summed E-state index contributed by atoms with van der Waals surface area (Å²) >= 11 is 0. The summed E-state index contributed by atoms with van der Waals surface area (Å²) in [6.45, 7) is 6.16. The molecule has 0 atom stereocenters. The van der Waals surface area contributed by atoms with Crippen LogP contribution >= 0.6 is 0 Å². The SMILES string of the molecule is Cc1nn(CCC(=O)O)c(C)c1CNc1cccc2c1OCCCO2. The van der Waals surface area contributed by atoms with Gasteiger partial charge in [-0.2, -0.15) is 5.10 Å². The molecule has 134 valence electrons. The number of aliphatic carboxylic acids is 1. The molecule has 1 aliphatic heterocycles. The van der Waals surface area contributed by atoms with Crippen LogP contribution in [0.5, 0.6) is 11.5 Å². The molecule has 0 spiro atoms. The molecule has 0 radical (unpaired) electrons. The van der Waals surface area contributed by atoms with Crippen LogP contribution in [-0.2, 0) is 17.9 Å². The summed E-state index contributed by atoms with van der Waals surface area (Å²) in [6.07, 6.45) is 0.925. The molecule has 2 heterocycles. The van der Waals surface area contributed by atoms with Gasteiger partial charge in [0.1, 0.15) is 0 Å². The van der Waals surface area contributed by atoms with Gasteiger partial charge in [-0.15, -0.1) is 0 Å². The molecule has 0 saturated carbocycles. The number of carboxylic acid groups (broad SMARTS) is 1. The van der Waals surface area contributed by atoms with Gasteiger partial charge in [0, 0.05) is 24.2 Å². The highest BCUT2D eigenvalue weighted by Crippen LogP contribution is 2.37. The minimum absolute atomic E-state index is 0.0617. The number of hydrogen-bond donors (Lipinski definition) is 2. The summed E-state index contributed by atoms with van der Waals surface area (Å²) in [5.74, 6) is 0.679. The maximum Gasteiger partial charge on any atom is 0.305 e. The highest BCUT2D eigenvalue weighted by atomic mass is 16.5. The number of anilines is 1. The lowest BCUT2D eigenvalue weighted by Crippen LogP contribution is -2.08. The number of carbonyl (C=O) groups is 1. The number of nitrogens with zero attached hydrogens (tertiary/aromatic N) is 2. The Labute approximate surface area is 146 Å². The van der Waals surface area contributed by atoms with Crippen LogP contribution in [0.3, 0.4) is 0 Å². The molecule has 7 heteroatoms. The highest BCUT2D eigenvalue weighted by molar-refractivity contribution is 5.66. The van der Waals surface area contributed by atoms with E-state index in [2.05, 4.69) is 10.4 Å². The van der Waals surface area contributed by atoms with Crippen LogP contribution in [0, 0.1) is 13.8 Å². The van der Waals surface area contributed by atoms with Gasteiger partial charge in [0.25, 0.3) is 0 Å². The van der Waals surface area contributed by atoms with E-state index < -0.39 is 5.97 Å². The first-order valence-corrected chi connectivity index (χ1v) is 8.43. The summed E-state index contributed by atoms with van der Waals surface area (Å²) in [7, 11) is 0. The fourth-order valence-corrected chi connectivity index (χ4v) is 2.93. The standard InChI is InChI=1S/C18H23N3O4/c1-12-14(13(2)21(20-12)8-7-17(22)23)11-19-15-5-3-6-16-18(15)25-10-4-9-24-16/h3,5-6,19H,4,7-11H2,1-2H3,(H,22,23). The molecule has 1 aliphatic rings. The van der Waals surface area contributed by atoms with Crippen LogP contribution in [0.25, 0.3) is 0 Å². The third kappa shape index (κ3) is 3.87. The molecule has 0 fully saturated rings. The number of rotatable bonds is 6. The summed E-state index contributed by atoms with van der Waals surface area (Å²) in [5.41, 5.74) is 3.83. The van der Waals surface area contributed by atoms with Gasteiger partial charge in [-0.25, -0.2) is 0 Å². The lowest BCUT2D eigenvalue weighted by Gasteiger charge is -2.14. The van der Waals surface area contributed by atoms with Gasteiger partial charge in [-0.05, 0) is 26.0 Å². The minimum atomic E-state index is -0.823. The Morgan fingerprint density at radius 1 is 1.32 bits per heavy atom.